The number of aryl methyl sites for hydroxylation is 2. The Morgan fingerprint density at radius 2 is 2.08 bits per heavy atom. The number of anilines is 1. The first kappa shape index (κ1) is 17.8. The van der Waals surface area contributed by atoms with Crippen molar-refractivity contribution in [2.75, 3.05) is 18.4 Å². The molecule has 0 saturated heterocycles. The third-order valence-electron chi connectivity index (χ3n) is 3.81. The highest BCUT2D eigenvalue weighted by atomic mass is 32.1. The lowest BCUT2D eigenvalue weighted by atomic mass is 10.2. The summed E-state index contributed by atoms with van der Waals surface area (Å²) in [5, 5.41) is 17.6. The molecule has 3 aromatic rings. The van der Waals surface area contributed by atoms with Crippen molar-refractivity contribution in [2.45, 2.75) is 20.8 Å². The maximum Gasteiger partial charge on any atom is 0.433 e. The lowest BCUT2D eigenvalue weighted by Gasteiger charge is -2.09. The number of thiophene rings is 1. The average Bonchev–Trinajstić information content (AvgIpc) is 3.17. The van der Waals surface area contributed by atoms with Crippen molar-refractivity contribution in [1.29, 1.82) is 0 Å². The van der Waals surface area contributed by atoms with Crippen LogP contribution >= 0.6 is 11.3 Å². The Morgan fingerprint density at radius 3 is 2.73 bits per heavy atom. The molecule has 10 heteroatoms. The summed E-state index contributed by atoms with van der Waals surface area (Å²) >= 11 is 1.52. The van der Waals surface area contributed by atoms with E-state index in [9.17, 15) is 14.9 Å². The van der Waals surface area contributed by atoms with E-state index in [2.05, 4.69) is 20.6 Å². The molecule has 1 amide bonds. The molecule has 0 radical (unpaired) electrons. The number of nitrogens with one attached hydrogen (secondary N) is 2. The van der Waals surface area contributed by atoms with E-state index < -0.39 is 4.92 Å². The summed E-state index contributed by atoms with van der Waals surface area (Å²) in [5.41, 5.74) is 1.07. The van der Waals surface area contributed by atoms with Gasteiger partial charge in [-0.1, -0.05) is 0 Å². The molecular formula is C16H17N5O4S. The highest BCUT2D eigenvalue weighted by molar-refractivity contribution is 7.18. The number of nitrogens with zero attached hydrogens (tertiary/aromatic N) is 3. The largest absolute Gasteiger partial charge is 0.433 e. The van der Waals surface area contributed by atoms with Crippen LogP contribution in [0.2, 0.25) is 0 Å². The van der Waals surface area contributed by atoms with E-state index in [1.54, 1.807) is 0 Å². The summed E-state index contributed by atoms with van der Waals surface area (Å²) < 4.78 is 5.22. The van der Waals surface area contributed by atoms with Gasteiger partial charge in [-0.05, 0) is 25.5 Å². The maximum absolute atomic E-state index is 11.0. The van der Waals surface area contributed by atoms with Crippen LogP contribution in [0.25, 0.3) is 21.8 Å². The Morgan fingerprint density at radius 1 is 1.31 bits per heavy atom. The van der Waals surface area contributed by atoms with E-state index in [0.29, 0.717) is 18.9 Å². The van der Waals surface area contributed by atoms with Gasteiger partial charge in [-0.3, -0.25) is 14.9 Å². The Balaban J connectivity index is 1.99. The van der Waals surface area contributed by atoms with Crippen LogP contribution in [-0.4, -0.2) is 33.9 Å². The van der Waals surface area contributed by atoms with Crippen molar-refractivity contribution in [1.82, 2.24) is 15.3 Å². The summed E-state index contributed by atoms with van der Waals surface area (Å²) in [6, 6.07) is 2.76. The fourth-order valence-electron chi connectivity index (χ4n) is 2.45. The smallest absolute Gasteiger partial charge is 0.397 e. The van der Waals surface area contributed by atoms with Gasteiger partial charge in [-0.2, -0.15) is 0 Å². The molecule has 9 nitrogen and oxygen atoms in total. The zero-order valence-electron chi connectivity index (χ0n) is 14.5. The second-order valence-electron chi connectivity index (χ2n) is 5.66. The van der Waals surface area contributed by atoms with Gasteiger partial charge in [0, 0.05) is 24.9 Å². The fourth-order valence-corrected chi connectivity index (χ4v) is 3.48. The normalized spacial score (nSPS) is 10.9. The molecule has 0 saturated carbocycles. The van der Waals surface area contributed by atoms with Crippen molar-refractivity contribution in [3.05, 3.63) is 32.7 Å². The Hall–Kier alpha value is -3.01. The number of carbonyl (C=O) groups excluding carboxylic acids is 1. The van der Waals surface area contributed by atoms with Gasteiger partial charge in [0.25, 0.3) is 0 Å². The lowest BCUT2D eigenvalue weighted by molar-refractivity contribution is -0.401. The molecular weight excluding hydrogens is 358 g/mol. The highest BCUT2D eigenvalue weighted by Crippen LogP contribution is 2.35. The van der Waals surface area contributed by atoms with Crippen molar-refractivity contribution < 1.29 is 14.1 Å². The van der Waals surface area contributed by atoms with Crippen LogP contribution in [0.15, 0.2) is 16.5 Å². The molecule has 2 N–H and O–H groups in total. The predicted octanol–water partition coefficient (Wildman–Crippen LogP) is 3.02. The molecule has 0 spiro atoms. The number of hydrogen-bond acceptors (Lipinski definition) is 8. The molecule has 26 heavy (non-hydrogen) atoms. The van der Waals surface area contributed by atoms with Gasteiger partial charge in [0.05, 0.1) is 11.5 Å². The van der Waals surface area contributed by atoms with E-state index in [4.69, 9.17) is 4.42 Å². The number of amides is 1. The molecule has 0 aliphatic heterocycles. The Bertz CT molecular complexity index is 994. The highest BCUT2D eigenvalue weighted by Gasteiger charge is 2.19. The molecule has 136 valence electrons. The number of hydrogen-bond donors (Lipinski definition) is 2. The maximum atomic E-state index is 11.0. The van der Waals surface area contributed by atoms with Crippen molar-refractivity contribution in [3.8, 4) is 11.6 Å². The van der Waals surface area contributed by atoms with E-state index in [1.165, 1.54) is 30.4 Å². The summed E-state index contributed by atoms with van der Waals surface area (Å²) in [6.45, 7) is 6.38. The third kappa shape index (κ3) is 3.49. The second kappa shape index (κ2) is 7.08. The van der Waals surface area contributed by atoms with Gasteiger partial charge in [0.2, 0.25) is 5.91 Å². The molecule has 3 rings (SSSR count). The van der Waals surface area contributed by atoms with E-state index in [-0.39, 0.29) is 23.4 Å². The number of furan rings is 1. The molecule has 0 fully saturated rings. The van der Waals surface area contributed by atoms with Crippen LogP contribution in [-0.2, 0) is 4.79 Å². The first-order valence-electron chi connectivity index (χ1n) is 7.87. The minimum atomic E-state index is -0.603. The molecule has 0 aliphatic carbocycles. The zero-order chi connectivity index (χ0) is 18.8. The molecule has 0 bridgehead atoms. The lowest BCUT2D eigenvalue weighted by Crippen LogP contribution is -2.26. The number of rotatable bonds is 6. The van der Waals surface area contributed by atoms with Crippen LogP contribution in [0.3, 0.4) is 0 Å². The minimum absolute atomic E-state index is 0.106. The van der Waals surface area contributed by atoms with E-state index >= 15 is 0 Å². The van der Waals surface area contributed by atoms with Gasteiger partial charge < -0.3 is 15.1 Å². The average molecular weight is 375 g/mol. The molecule has 0 atom stereocenters. The van der Waals surface area contributed by atoms with Crippen molar-refractivity contribution in [3.63, 3.8) is 0 Å². The standard InChI is InChI=1S/C16H17N5O4S/c1-8-9(2)26-16-13(8)15(18-7-6-17-10(3)22)19-14(20-16)11-4-5-12(25-11)21(23)24/h4-5H,6-7H2,1-3H3,(H,17,22)(H,18,19,20). The van der Waals surface area contributed by atoms with Crippen molar-refractivity contribution >= 4 is 39.2 Å². The number of fused-ring (bicyclic) bond motifs is 1. The van der Waals surface area contributed by atoms with E-state index in [1.807, 2.05) is 13.8 Å². The van der Waals surface area contributed by atoms with E-state index in [0.717, 1.165) is 20.7 Å². The third-order valence-corrected chi connectivity index (χ3v) is 4.91. The second-order valence-corrected chi connectivity index (χ2v) is 6.87. The van der Waals surface area contributed by atoms with Crippen LogP contribution < -0.4 is 10.6 Å². The first-order valence-corrected chi connectivity index (χ1v) is 8.69. The number of carbonyl (C=O) groups is 1. The van der Waals surface area contributed by atoms with Gasteiger partial charge >= 0.3 is 5.88 Å². The van der Waals surface area contributed by atoms with Gasteiger partial charge in [-0.25, -0.2) is 9.97 Å². The topological polar surface area (TPSA) is 123 Å². The van der Waals surface area contributed by atoms with Crippen LogP contribution in [0, 0.1) is 24.0 Å². The molecule has 3 heterocycles. The van der Waals surface area contributed by atoms with Gasteiger partial charge in [0.15, 0.2) is 11.6 Å². The fraction of sp³-hybridized carbons (Fsp3) is 0.312. The summed E-state index contributed by atoms with van der Waals surface area (Å²) in [6.07, 6.45) is 0. The SMILES string of the molecule is CC(=O)NCCNc1nc(-c2ccc([N+](=O)[O-])o2)nc2sc(C)c(C)c12. The molecule has 0 aliphatic rings. The number of aromatic nitrogens is 2. The minimum Gasteiger partial charge on any atom is -0.397 e. The Kier molecular flexibility index (Phi) is 4.85. The molecule has 3 aromatic heterocycles. The summed E-state index contributed by atoms with van der Waals surface area (Å²) in [5.74, 6) is 0.644. The Labute approximate surface area is 152 Å². The van der Waals surface area contributed by atoms with Crippen LogP contribution in [0.5, 0.6) is 0 Å². The number of nitro groups is 1. The van der Waals surface area contributed by atoms with Gasteiger partial charge in [-0.15, -0.1) is 11.3 Å². The van der Waals surface area contributed by atoms with Gasteiger partial charge in [0.1, 0.15) is 15.6 Å². The van der Waals surface area contributed by atoms with Crippen LogP contribution in [0.4, 0.5) is 11.7 Å². The zero-order valence-corrected chi connectivity index (χ0v) is 15.3. The first-order chi connectivity index (χ1) is 12.4. The summed E-state index contributed by atoms with van der Waals surface area (Å²) in [7, 11) is 0. The predicted molar refractivity (Wildman–Crippen MR) is 98.4 cm³/mol. The quantitative estimate of drug-likeness (QED) is 0.385. The molecule has 0 aromatic carbocycles. The van der Waals surface area contributed by atoms with Crippen molar-refractivity contribution in [2.24, 2.45) is 0 Å². The summed E-state index contributed by atoms with van der Waals surface area (Å²) in [4.78, 5) is 32.1. The van der Waals surface area contributed by atoms with Crippen LogP contribution in [0.1, 0.15) is 17.4 Å². The molecule has 0 unspecified atom stereocenters. The monoisotopic (exact) mass is 375 g/mol.